The van der Waals surface area contributed by atoms with Gasteiger partial charge < -0.3 is 4.98 Å². The molecule has 1 aromatic heterocycles. The topological polar surface area (TPSA) is 58.1 Å². The monoisotopic (exact) mass is 313 g/mol. The Bertz CT molecular complexity index is 775. The number of rotatable bonds is 4. The first kappa shape index (κ1) is 15.7. The Morgan fingerprint density at radius 1 is 1.17 bits per heavy atom. The minimum atomic E-state index is -0.318. The molecule has 2 heterocycles. The van der Waals surface area contributed by atoms with Crippen molar-refractivity contribution < 1.29 is 0 Å². The highest BCUT2D eigenvalue weighted by molar-refractivity contribution is 5.29. The normalized spacial score (nSPS) is 18.4. The molecule has 1 atom stereocenters. The van der Waals surface area contributed by atoms with Crippen molar-refractivity contribution in [2.75, 3.05) is 13.1 Å². The van der Waals surface area contributed by atoms with Gasteiger partial charge in [0.05, 0.1) is 0 Å². The molecule has 3 rings (SSSR count). The van der Waals surface area contributed by atoms with Crippen LogP contribution in [0, 0.1) is 13.8 Å². The second-order valence-electron chi connectivity index (χ2n) is 6.30. The number of nitrogens with one attached hydrogen (secondary N) is 1. The van der Waals surface area contributed by atoms with Crippen LogP contribution in [0.15, 0.2) is 39.9 Å². The molecule has 1 N–H and O–H groups in total. The van der Waals surface area contributed by atoms with Crippen molar-refractivity contribution in [1.82, 2.24) is 14.5 Å². The maximum absolute atomic E-state index is 12.0. The summed E-state index contributed by atoms with van der Waals surface area (Å²) in [6.07, 6.45) is 2.28. The lowest BCUT2D eigenvalue weighted by Crippen LogP contribution is -2.39. The van der Waals surface area contributed by atoms with E-state index in [0.717, 1.165) is 19.4 Å². The smallest absolute Gasteiger partial charge is 0.311 e. The highest BCUT2D eigenvalue weighted by atomic mass is 16.2. The third kappa shape index (κ3) is 3.29. The Kier molecular flexibility index (Phi) is 4.48. The van der Waals surface area contributed by atoms with Crippen LogP contribution in [0.3, 0.4) is 0 Å². The van der Waals surface area contributed by atoms with Gasteiger partial charge in [-0.15, -0.1) is 0 Å². The number of benzene rings is 1. The molecule has 5 nitrogen and oxygen atoms in total. The summed E-state index contributed by atoms with van der Waals surface area (Å²) in [5.74, 6) is 0. The van der Waals surface area contributed by atoms with Gasteiger partial charge in [-0.25, -0.2) is 4.79 Å². The molecule has 1 aliphatic rings. The SMILES string of the molecule is Cc1cc(=O)n(CCN2CCC[C@H]2c2ccccc2C)c(=O)[nH]1. The first-order valence-corrected chi connectivity index (χ1v) is 8.16. The van der Waals surface area contributed by atoms with Crippen molar-refractivity contribution in [3.63, 3.8) is 0 Å². The van der Waals surface area contributed by atoms with Gasteiger partial charge in [0.25, 0.3) is 5.56 Å². The minimum Gasteiger partial charge on any atom is -0.311 e. The number of nitrogens with zero attached hydrogens (tertiary/aromatic N) is 2. The maximum atomic E-state index is 12.0. The molecule has 0 amide bonds. The summed E-state index contributed by atoms with van der Waals surface area (Å²) in [5, 5.41) is 0. The van der Waals surface area contributed by atoms with E-state index in [1.54, 1.807) is 6.92 Å². The van der Waals surface area contributed by atoms with Crippen molar-refractivity contribution in [3.8, 4) is 0 Å². The third-order valence-corrected chi connectivity index (χ3v) is 4.68. The fourth-order valence-corrected chi connectivity index (χ4v) is 3.48. The number of aromatic amines is 1. The Labute approximate surface area is 135 Å². The third-order valence-electron chi connectivity index (χ3n) is 4.68. The highest BCUT2D eigenvalue weighted by Gasteiger charge is 2.26. The summed E-state index contributed by atoms with van der Waals surface area (Å²) >= 11 is 0. The van der Waals surface area contributed by atoms with Crippen LogP contribution in [0.25, 0.3) is 0 Å². The molecule has 1 aliphatic heterocycles. The summed E-state index contributed by atoms with van der Waals surface area (Å²) in [5.41, 5.74) is 2.72. The van der Waals surface area contributed by atoms with Crippen LogP contribution in [-0.2, 0) is 6.54 Å². The van der Waals surface area contributed by atoms with Gasteiger partial charge >= 0.3 is 5.69 Å². The van der Waals surface area contributed by atoms with E-state index in [1.807, 2.05) is 0 Å². The Morgan fingerprint density at radius 2 is 1.96 bits per heavy atom. The minimum absolute atomic E-state index is 0.224. The van der Waals surface area contributed by atoms with Crippen molar-refractivity contribution in [2.45, 2.75) is 39.3 Å². The number of aryl methyl sites for hydroxylation is 2. The van der Waals surface area contributed by atoms with Gasteiger partial charge in [-0.3, -0.25) is 14.3 Å². The quantitative estimate of drug-likeness (QED) is 0.939. The molecular formula is C18H23N3O2. The molecule has 0 bridgehead atoms. The van der Waals surface area contributed by atoms with Gasteiger partial charge in [0.1, 0.15) is 0 Å². The van der Waals surface area contributed by atoms with Crippen molar-refractivity contribution in [3.05, 3.63) is 68.0 Å². The maximum Gasteiger partial charge on any atom is 0.328 e. The van der Waals surface area contributed by atoms with Crippen LogP contribution in [0.1, 0.15) is 35.7 Å². The van der Waals surface area contributed by atoms with Gasteiger partial charge in [-0.2, -0.15) is 0 Å². The van der Waals surface area contributed by atoms with Crippen molar-refractivity contribution >= 4 is 0 Å². The molecule has 1 aromatic carbocycles. The Hall–Kier alpha value is -2.14. The van der Waals surface area contributed by atoms with E-state index in [1.165, 1.54) is 21.8 Å². The number of hydrogen-bond acceptors (Lipinski definition) is 3. The zero-order chi connectivity index (χ0) is 16.4. The average molecular weight is 313 g/mol. The average Bonchev–Trinajstić information content (AvgIpc) is 2.95. The molecule has 1 fully saturated rings. The Balaban J connectivity index is 1.77. The van der Waals surface area contributed by atoms with E-state index >= 15 is 0 Å². The van der Waals surface area contributed by atoms with Gasteiger partial charge in [0.2, 0.25) is 0 Å². The van der Waals surface area contributed by atoms with E-state index in [0.29, 0.717) is 24.8 Å². The second-order valence-corrected chi connectivity index (χ2v) is 6.30. The summed E-state index contributed by atoms with van der Waals surface area (Å²) in [7, 11) is 0. The lowest BCUT2D eigenvalue weighted by Gasteiger charge is -2.26. The van der Waals surface area contributed by atoms with E-state index in [2.05, 4.69) is 41.1 Å². The fourth-order valence-electron chi connectivity index (χ4n) is 3.48. The van der Waals surface area contributed by atoms with Gasteiger partial charge in [-0.1, -0.05) is 24.3 Å². The number of H-pyrrole nitrogens is 1. The van der Waals surface area contributed by atoms with Gasteiger partial charge in [-0.05, 0) is 44.4 Å². The first-order valence-electron chi connectivity index (χ1n) is 8.16. The highest BCUT2D eigenvalue weighted by Crippen LogP contribution is 2.33. The Morgan fingerprint density at radius 3 is 2.70 bits per heavy atom. The second kappa shape index (κ2) is 6.54. The fraction of sp³-hybridized carbons (Fsp3) is 0.444. The van der Waals surface area contributed by atoms with Crippen molar-refractivity contribution in [1.29, 1.82) is 0 Å². The molecule has 23 heavy (non-hydrogen) atoms. The zero-order valence-electron chi connectivity index (χ0n) is 13.7. The molecular weight excluding hydrogens is 290 g/mol. The standard InChI is InChI=1S/C18H23N3O2/c1-13-6-3-4-7-15(13)16-8-5-9-20(16)10-11-21-17(22)12-14(2)19-18(21)23/h3-4,6-7,12,16H,5,8-11H2,1-2H3,(H,19,23)/t16-/m0/s1. The zero-order valence-corrected chi connectivity index (χ0v) is 13.7. The number of aromatic nitrogens is 2. The molecule has 0 spiro atoms. The molecule has 0 aliphatic carbocycles. The largest absolute Gasteiger partial charge is 0.328 e. The van der Waals surface area contributed by atoms with E-state index < -0.39 is 0 Å². The molecule has 2 aromatic rings. The number of likely N-dealkylation sites (tertiary alicyclic amines) is 1. The van der Waals surface area contributed by atoms with E-state index in [9.17, 15) is 9.59 Å². The molecule has 122 valence electrons. The van der Waals surface area contributed by atoms with Crippen LogP contribution in [0.4, 0.5) is 0 Å². The van der Waals surface area contributed by atoms with Crippen LogP contribution in [0.2, 0.25) is 0 Å². The molecule has 0 saturated carbocycles. The first-order chi connectivity index (χ1) is 11.1. The summed E-state index contributed by atoms with van der Waals surface area (Å²) < 4.78 is 1.29. The van der Waals surface area contributed by atoms with Crippen LogP contribution < -0.4 is 11.2 Å². The van der Waals surface area contributed by atoms with Crippen LogP contribution in [0.5, 0.6) is 0 Å². The lowest BCUT2D eigenvalue weighted by atomic mass is 9.99. The van der Waals surface area contributed by atoms with Gasteiger partial charge in [0, 0.05) is 30.9 Å². The van der Waals surface area contributed by atoms with E-state index in [-0.39, 0.29) is 11.2 Å². The molecule has 0 radical (unpaired) electrons. The van der Waals surface area contributed by atoms with Gasteiger partial charge in [0.15, 0.2) is 0 Å². The molecule has 0 unspecified atom stereocenters. The summed E-state index contributed by atoms with van der Waals surface area (Å²) in [6.45, 7) is 6.02. The molecule has 1 saturated heterocycles. The molecule has 5 heteroatoms. The lowest BCUT2D eigenvalue weighted by molar-refractivity contribution is 0.243. The predicted molar refractivity (Wildman–Crippen MR) is 90.8 cm³/mol. The number of hydrogen-bond donors (Lipinski definition) is 1. The van der Waals surface area contributed by atoms with Crippen LogP contribution in [-0.4, -0.2) is 27.5 Å². The summed E-state index contributed by atoms with van der Waals surface area (Å²) in [6, 6.07) is 10.3. The van der Waals surface area contributed by atoms with Crippen LogP contribution >= 0.6 is 0 Å². The van der Waals surface area contributed by atoms with Crippen molar-refractivity contribution in [2.24, 2.45) is 0 Å². The summed E-state index contributed by atoms with van der Waals surface area (Å²) in [4.78, 5) is 29.0. The van der Waals surface area contributed by atoms with E-state index in [4.69, 9.17) is 0 Å². The predicted octanol–water partition coefficient (Wildman–Crippen LogP) is 1.99.